The summed E-state index contributed by atoms with van der Waals surface area (Å²) in [6, 6.07) is 0. The van der Waals surface area contributed by atoms with E-state index in [0.717, 1.165) is 7.85 Å². The molecule has 1 heterocycles. The summed E-state index contributed by atoms with van der Waals surface area (Å²) in [5, 5.41) is 0. The van der Waals surface area contributed by atoms with Gasteiger partial charge in [-0.05, 0) is 0 Å². The highest BCUT2D eigenvalue weighted by Crippen LogP contribution is 2.26. The first-order valence-electron chi connectivity index (χ1n) is 2.39. The molecule has 1 fully saturated rings. The molecule has 0 spiro atoms. The molecule has 0 aliphatic carbocycles. The molecule has 1 nitrogen and oxygen atoms in total. The second-order valence-electron chi connectivity index (χ2n) is 1.86. The van der Waals surface area contributed by atoms with Crippen LogP contribution in [0.4, 0.5) is 0 Å². The summed E-state index contributed by atoms with van der Waals surface area (Å²) in [6.45, 7) is 2.52. The molecule has 8 heavy (non-hydrogen) atoms. The lowest BCUT2D eigenvalue weighted by atomic mass is 10.4. The summed E-state index contributed by atoms with van der Waals surface area (Å²) < 4.78 is 4.08. The first kappa shape index (κ1) is 8.25. The van der Waals surface area contributed by atoms with E-state index in [1.807, 2.05) is 0 Å². The topological polar surface area (TPSA) is 3.24 Å². The van der Waals surface area contributed by atoms with Crippen LogP contribution in [0, 0.1) is 0 Å². The van der Waals surface area contributed by atoms with Crippen molar-refractivity contribution in [3.63, 3.8) is 0 Å². The molecule has 0 unspecified atom stereocenters. The van der Waals surface area contributed by atoms with Crippen LogP contribution < -0.4 is 0 Å². The lowest BCUT2D eigenvalue weighted by Gasteiger charge is -1.99. The van der Waals surface area contributed by atoms with Crippen LogP contribution in [-0.4, -0.2) is 24.1 Å². The summed E-state index contributed by atoms with van der Waals surface area (Å²) in [6.07, 6.45) is 0. The molecule has 1 saturated heterocycles. The summed E-state index contributed by atoms with van der Waals surface area (Å²) in [5.74, 6) is 0. The van der Waals surface area contributed by atoms with E-state index in [2.05, 4.69) is 71.2 Å². The van der Waals surface area contributed by atoms with Gasteiger partial charge in [-0.1, -0.05) is 45.2 Å². The van der Waals surface area contributed by atoms with Crippen molar-refractivity contribution in [1.29, 1.82) is 0 Å². The van der Waals surface area contributed by atoms with Crippen molar-refractivity contribution in [2.24, 2.45) is 0 Å². The van der Waals surface area contributed by atoms with Gasteiger partial charge in [-0.25, -0.2) is 3.11 Å². The Morgan fingerprint density at radius 3 is 1.62 bits per heavy atom. The summed E-state index contributed by atoms with van der Waals surface area (Å²) in [7, 11) is 0. The first-order valence-corrected chi connectivity index (χ1v) is 5.84. The highest BCUT2D eigenvalue weighted by molar-refractivity contribution is 14.1. The number of hydrogen-bond acceptors (Lipinski definition) is 1. The predicted molar refractivity (Wildman–Crippen MR) is 61.2 cm³/mol. The second kappa shape index (κ2) is 3.51. The van der Waals surface area contributed by atoms with Crippen LogP contribution in [0.3, 0.4) is 0 Å². The van der Waals surface area contributed by atoms with Crippen LogP contribution in [0.5, 0.6) is 0 Å². The molecule has 1 aliphatic heterocycles. The number of hydrogen-bond donors (Lipinski definition) is 0. The molecule has 0 aromatic carbocycles. The Hall–Kier alpha value is 2.15. The average molecular weight is 449 g/mol. The SMILES string of the molecule is I[C@@H]1CN(I)C[C@@H]1I. The average Bonchev–Trinajstić information content (AvgIpc) is 1.85. The van der Waals surface area contributed by atoms with E-state index in [1.165, 1.54) is 13.1 Å². The minimum absolute atomic E-state index is 0.866. The number of halogens is 3. The zero-order valence-electron chi connectivity index (χ0n) is 4.15. The molecule has 1 aliphatic rings. The van der Waals surface area contributed by atoms with Gasteiger partial charge in [0.05, 0.1) is 0 Å². The van der Waals surface area contributed by atoms with Gasteiger partial charge in [0.1, 0.15) is 0 Å². The third-order valence-corrected chi connectivity index (χ3v) is 5.83. The van der Waals surface area contributed by atoms with Gasteiger partial charge < -0.3 is 0 Å². The van der Waals surface area contributed by atoms with Crippen LogP contribution in [0.2, 0.25) is 0 Å². The van der Waals surface area contributed by atoms with Crippen LogP contribution in [0.1, 0.15) is 0 Å². The Balaban J connectivity index is 2.39. The fraction of sp³-hybridized carbons (Fsp3) is 1.00. The molecule has 0 saturated carbocycles. The molecule has 1 rings (SSSR count). The Bertz CT molecular complexity index is 77.4. The third kappa shape index (κ3) is 2.08. The van der Waals surface area contributed by atoms with Crippen LogP contribution in [0.15, 0.2) is 0 Å². The lowest BCUT2D eigenvalue weighted by Crippen LogP contribution is -2.08. The van der Waals surface area contributed by atoms with Gasteiger partial charge in [0.2, 0.25) is 0 Å². The third-order valence-electron chi connectivity index (χ3n) is 1.14. The molecular formula is C4H6I3N. The molecule has 0 radical (unpaired) electrons. The lowest BCUT2D eigenvalue weighted by molar-refractivity contribution is 0.642. The summed E-state index contributed by atoms with van der Waals surface area (Å²) in [4.78, 5) is 0. The fourth-order valence-electron chi connectivity index (χ4n) is 0.682. The Morgan fingerprint density at radius 2 is 1.50 bits per heavy atom. The Morgan fingerprint density at radius 1 is 1.12 bits per heavy atom. The minimum Gasteiger partial charge on any atom is -0.245 e. The molecule has 0 aromatic heterocycles. The maximum absolute atomic E-state index is 2.52. The largest absolute Gasteiger partial charge is 0.245 e. The summed E-state index contributed by atoms with van der Waals surface area (Å²) >= 11 is 7.42. The highest BCUT2D eigenvalue weighted by atomic mass is 127. The number of nitrogens with zero attached hydrogens (tertiary/aromatic N) is 1. The van der Waals surface area contributed by atoms with E-state index in [1.54, 1.807) is 0 Å². The Kier molecular flexibility index (Phi) is 3.62. The second-order valence-corrected chi connectivity index (χ2v) is 6.42. The van der Waals surface area contributed by atoms with Gasteiger partial charge >= 0.3 is 0 Å². The van der Waals surface area contributed by atoms with Gasteiger partial charge in [-0.15, -0.1) is 0 Å². The molecular weight excluding hydrogens is 443 g/mol. The van der Waals surface area contributed by atoms with Crippen molar-refractivity contribution in [3.8, 4) is 0 Å². The van der Waals surface area contributed by atoms with Gasteiger partial charge in [-0.3, -0.25) is 0 Å². The maximum atomic E-state index is 2.52. The van der Waals surface area contributed by atoms with Crippen LogP contribution in [0.25, 0.3) is 0 Å². The zero-order chi connectivity index (χ0) is 6.15. The van der Waals surface area contributed by atoms with Crippen molar-refractivity contribution in [2.45, 2.75) is 7.85 Å². The molecule has 2 atom stereocenters. The standard InChI is InChI=1S/C4H6I3N/c5-3-1-8(7)2-4(3)6/h3-4H,1-2H2/t3-,4+. The first-order chi connectivity index (χ1) is 3.70. The maximum Gasteiger partial charge on any atom is 0.0376 e. The van der Waals surface area contributed by atoms with E-state index in [-0.39, 0.29) is 0 Å². The minimum atomic E-state index is 0.866. The zero-order valence-corrected chi connectivity index (χ0v) is 10.6. The van der Waals surface area contributed by atoms with Gasteiger partial charge in [-0.2, -0.15) is 0 Å². The van der Waals surface area contributed by atoms with E-state index in [9.17, 15) is 0 Å². The molecule has 0 bridgehead atoms. The van der Waals surface area contributed by atoms with E-state index in [0.29, 0.717) is 0 Å². The van der Waals surface area contributed by atoms with Gasteiger partial charge in [0.15, 0.2) is 0 Å². The summed E-state index contributed by atoms with van der Waals surface area (Å²) in [5.41, 5.74) is 0. The normalized spacial score (nSPS) is 40.9. The molecule has 4 heteroatoms. The molecule has 0 aromatic rings. The van der Waals surface area contributed by atoms with E-state index in [4.69, 9.17) is 0 Å². The molecule has 0 N–H and O–H groups in total. The van der Waals surface area contributed by atoms with Crippen LogP contribution in [-0.2, 0) is 0 Å². The van der Waals surface area contributed by atoms with Crippen molar-refractivity contribution in [3.05, 3.63) is 0 Å². The van der Waals surface area contributed by atoms with E-state index >= 15 is 0 Å². The van der Waals surface area contributed by atoms with Gasteiger partial charge in [0, 0.05) is 43.8 Å². The fourth-order valence-corrected chi connectivity index (χ4v) is 4.44. The molecule has 0 amide bonds. The van der Waals surface area contributed by atoms with E-state index < -0.39 is 0 Å². The van der Waals surface area contributed by atoms with Crippen molar-refractivity contribution < 1.29 is 0 Å². The van der Waals surface area contributed by atoms with Crippen LogP contribution >= 0.6 is 68.0 Å². The Labute approximate surface area is 90.7 Å². The number of rotatable bonds is 0. The van der Waals surface area contributed by atoms with Crippen molar-refractivity contribution >= 4 is 68.0 Å². The highest BCUT2D eigenvalue weighted by Gasteiger charge is 2.26. The van der Waals surface area contributed by atoms with Crippen molar-refractivity contribution in [1.82, 2.24) is 3.11 Å². The molecule has 48 valence electrons. The predicted octanol–water partition coefficient (Wildman–Crippen LogP) is 2.26. The number of alkyl halides is 2. The van der Waals surface area contributed by atoms with Crippen molar-refractivity contribution in [2.75, 3.05) is 13.1 Å². The quantitative estimate of drug-likeness (QED) is 0.312. The monoisotopic (exact) mass is 449 g/mol. The smallest absolute Gasteiger partial charge is 0.0376 e. The van der Waals surface area contributed by atoms with Gasteiger partial charge in [0.25, 0.3) is 0 Å².